The Balaban J connectivity index is 3.30. The maximum Gasteiger partial charge on any atom is 0.574 e. The molecule has 0 saturated heterocycles. The standard InChI is InChI=1S/C9H6F3N3O3/c1-5-6(2-3-13)4-7(15(16)17)8(14-5)18-9(10,11)12/h4H,2H2,1H3. The second-order valence-electron chi connectivity index (χ2n) is 3.20. The highest BCUT2D eigenvalue weighted by Crippen LogP contribution is 2.31. The maximum absolute atomic E-state index is 12.0. The van der Waals surface area contributed by atoms with E-state index in [0.29, 0.717) is 0 Å². The molecule has 0 aliphatic heterocycles. The Labute approximate surface area is 98.8 Å². The average Bonchev–Trinajstić information content (AvgIpc) is 2.19. The number of rotatable bonds is 3. The summed E-state index contributed by atoms with van der Waals surface area (Å²) in [6.45, 7) is 1.33. The van der Waals surface area contributed by atoms with Gasteiger partial charge in [0.05, 0.1) is 17.4 Å². The monoisotopic (exact) mass is 261 g/mol. The molecule has 0 N–H and O–H groups in total. The molecule has 18 heavy (non-hydrogen) atoms. The van der Waals surface area contributed by atoms with Crippen LogP contribution in [0.25, 0.3) is 0 Å². The lowest BCUT2D eigenvalue weighted by Gasteiger charge is -2.10. The second kappa shape index (κ2) is 4.87. The molecule has 1 aromatic heterocycles. The van der Waals surface area contributed by atoms with Crippen LogP contribution in [0.1, 0.15) is 11.3 Å². The molecule has 0 spiro atoms. The molecule has 0 fully saturated rings. The van der Waals surface area contributed by atoms with Crippen LogP contribution in [0, 0.1) is 28.4 Å². The molecule has 0 bridgehead atoms. The third kappa shape index (κ3) is 3.31. The van der Waals surface area contributed by atoms with E-state index in [9.17, 15) is 23.3 Å². The highest BCUT2D eigenvalue weighted by atomic mass is 19.4. The molecule has 9 heteroatoms. The predicted molar refractivity (Wildman–Crippen MR) is 51.6 cm³/mol. The zero-order chi connectivity index (χ0) is 13.9. The van der Waals surface area contributed by atoms with E-state index in [0.717, 1.165) is 6.07 Å². The van der Waals surface area contributed by atoms with Crippen molar-refractivity contribution in [2.24, 2.45) is 0 Å². The first-order valence-electron chi connectivity index (χ1n) is 4.52. The van der Waals surface area contributed by atoms with Gasteiger partial charge in [0.25, 0.3) is 0 Å². The summed E-state index contributed by atoms with van der Waals surface area (Å²) in [7, 11) is 0. The van der Waals surface area contributed by atoms with Crippen molar-refractivity contribution in [3.05, 3.63) is 27.4 Å². The fourth-order valence-electron chi connectivity index (χ4n) is 1.19. The maximum atomic E-state index is 12.0. The van der Waals surface area contributed by atoms with Gasteiger partial charge in [0.15, 0.2) is 0 Å². The quantitative estimate of drug-likeness (QED) is 0.615. The number of aryl methyl sites for hydroxylation is 1. The first-order valence-corrected chi connectivity index (χ1v) is 4.52. The van der Waals surface area contributed by atoms with Crippen molar-refractivity contribution in [3.8, 4) is 11.9 Å². The van der Waals surface area contributed by atoms with Gasteiger partial charge in [0.2, 0.25) is 0 Å². The van der Waals surface area contributed by atoms with E-state index in [1.807, 2.05) is 0 Å². The van der Waals surface area contributed by atoms with Crippen molar-refractivity contribution < 1.29 is 22.8 Å². The first-order chi connectivity index (χ1) is 8.24. The zero-order valence-corrected chi connectivity index (χ0v) is 8.98. The van der Waals surface area contributed by atoms with Crippen LogP contribution in [0.2, 0.25) is 0 Å². The molecule has 0 radical (unpaired) electrons. The molecule has 0 amide bonds. The predicted octanol–water partition coefficient (Wildman–Crippen LogP) is 2.26. The molecule has 0 unspecified atom stereocenters. The highest BCUT2D eigenvalue weighted by molar-refractivity contribution is 5.46. The van der Waals surface area contributed by atoms with Gasteiger partial charge in [0.1, 0.15) is 0 Å². The van der Waals surface area contributed by atoms with Gasteiger partial charge in [0, 0.05) is 11.8 Å². The summed E-state index contributed by atoms with van der Waals surface area (Å²) >= 11 is 0. The van der Waals surface area contributed by atoms with Crippen molar-refractivity contribution in [2.75, 3.05) is 0 Å². The molecule has 0 aliphatic rings. The summed E-state index contributed by atoms with van der Waals surface area (Å²) in [6.07, 6.45) is -5.26. The number of nitriles is 1. The average molecular weight is 261 g/mol. The Morgan fingerprint density at radius 1 is 1.61 bits per heavy atom. The lowest BCUT2D eigenvalue weighted by molar-refractivity contribution is -0.389. The van der Waals surface area contributed by atoms with Crippen molar-refractivity contribution in [3.63, 3.8) is 0 Å². The van der Waals surface area contributed by atoms with E-state index in [4.69, 9.17) is 5.26 Å². The van der Waals surface area contributed by atoms with Crippen LogP contribution >= 0.6 is 0 Å². The smallest absolute Gasteiger partial charge is 0.381 e. The number of aromatic nitrogens is 1. The normalized spacial score (nSPS) is 10.8. The van der Waals surface area contributed by atoms with Crippen molar-refractivity contribution in [2.45, 2.75) is 19.7 Å². The number of ether oxygens (including phenoxy) is 1. The minimum atomic E-state index is -5.07. The van der Waals surface area contributed by atoms with Crippen molar-refractivity contribution in [1.29, 1.82) is 5.26 Å². The molecule has 96 valence electrons. The lowest BCUT2D eigenvalue weighted by atomic mass is 10.1. The minimum Gasteiger partial charge on any atom is -0.381 e. The van der Waals surface area contributed by atoms with Crippen LogP contribution < -0.4 is 4.74 Å². The van der Waals surface area contributed by atoms with Gasteiger partial charge in [-0.2, -0.15) is 5.26 Å². The van der Waals surface area contributed by atoms with Gasteiger partial charge < -0.3 is 4.74 Å². The molecule has 1 rings (SSSR count). The summed E-state index contributed by atoms with van der Waals surface area (Å²) in [5.74, 6) is -1.13. The summed E-state index contributed by atoms with van der Waals surface area (Å²) in [5, 5.41) is 19.1. The van der Waals surface area contributed by atoms with Crippen molar-refractivity contribution in [1.82, 2.24) is 4.98 Å². The van der Waals surface area contributed by atoms with Crippen LogP contribution in [0.3, 0.4) is 0 Å². The minimum absolute atomic E-state index is 0.0707. The topological polar surface area (TPSA) is 89.1 Å². The summed E-state index contributed by atoms with van der Waals surface area (Å²) in [6, 6.07) is 2.59. The van der Waals surface area contributed by atoms with E-state index in [1.165, 1.54) is 6.92 Å². The largest absolute Gasteiger partial charge is 0.574 e. The van der Waals surface area contributed by atoms with Gasteiger partial charge in [-0.25, -0.2) is 4.98 Å². The van der Waals surface area contributed by atoms with Gasteiger partial charge in [-0.3, -0.25) is 10.1 Å². The number of pyridine rings is 1. The van der Waals surface area contributed by atoms with Crippen LogP contribution in [0.4, 0.5) is 18.9 Å². The fraction of sp³-hybridized carbons (Fsp3) is 0.333. The first kappa shape index (κ1) is 13.7. The number of hydrogen-bond acceptors (Lipinski definition) is 5. The Hall–Kier alpha value is -2.37. The van der Waals surface area contributed by atoms with E-state index >= 15 is 0 Å². The Morgan fingerprint density at radius 3 is 2.67 bits per heavy atom. The third-order valence-corrected chi connectivity index (χ3v) is 1.94. The van der Waals surface area contributed by atoms with E-state index in [2.05, 4.69) is 9.72 Å². The lowest BCUT2D eigenvalue weighted by Crippen LogP contribution is -2.19. The van der Waals surface area contributed by atoms with Crippen molar-refractivity contribution >= 4 is 5.69 Å². The van der Waals surface area contributed by atoms with E-state index in [1.54, 1.807) is 6.07 Å². The van der Waals surface area contributed by atoms with Gasteiger partial charge in [-0.15, -0.1) is 13.2 Å². The summed E-state index contributed by atoms with van der Waals surface area (Å²) in [4.78, 5) is 12.9. The van der Waals surface area contributed by atoms with Gasteiger partial charge in [-0.05, 0) is 12.5 Å². The summed E-state index contributed by atoms with van der Waals surface area (Å²) < 4.78 is 39.6. The number of halogens is 3. The van der Waals surface area contributed by atoms with E-state index < -0.39 is 22.9 Å². The Bertz CT molecular complexity index is 522. The second-order valence-corrected chi connectivity index (χ2v) is 3.20. The fourth-order valence-corrected chi connectivity index (χ4v) is 1.19. The zero-order valence-electron chi connectivity index (χ0n) is 8.98. The molecule has 1 heterocycles. The molecule has 6 nitrogen and oxygen atoms in total. The number of nitro groups is 1. The van der Waals surface area contributed by atoms with Gasteiger partial charge in [-0.1, -0.05) is 0 Å². The highest BCUT2D eigenvalue weighted by Gasteiger charge is 2.35. The third-order valence-electron chi connectivity index (χ3n) is 1.94. The van der Waals surface area contributed by atoms with Crippen LogP contribution in [0.5, 0.6) is 5.88 Å². The molecule has 0 aliphatic carbocycles. The van der Waals surface area contributed by atoms with Crippen LogP contribution in [0.15, 0.2) is 6.07 Å². The number of hydrogen-bond donors (Lipinski definition) is 0. The van der Waals surface area contributed by atoms with Gasteiger partial charge >= 0.3 is 17.9 Å². The van der Waals surface area contributed by atoms with Crippen LogP contribution in [-0.2, 0) is 6.42 Å². The molecule has 1 aromatic rings. The SMILES string of the molecule is Cc1nc(OC(F)(F)F)c([N+](=O)[O-])cc1CC#N. The molecular weight excluding hydrogens is 255 g/mol. The Morgan fingerprint density at radius 2 is 2.22 bits per heavy atom. The molecule has 0 aromatic carbocycles. The summed E-state index contributed by atoms with van der Waals surface area (Å²) in [5.41, 5.74) is -0.678. The number of alkyl halides is 3. The molecular formula is C9H6F3N3O3. The van der Waals surface area contributed by atoms with Crippen LogP contribution in [-0.4, -0.2) is 16.3 Å². The Kier molecular flexibility index (Phi) is 3.70. The molecule has 0 saturated carbocycles. The number of nitrogens with zero attached hydrogens (tertiary/aromatic N) is 3. The van der Waals surface area contributed by atoms with E-state index in [-0.39, 0.29) is 17.7 Å². The molecule has 0 atom stereocenters.